The molecular formula is C11H16BrNO3S. The van der Waals surface area contributed by atoms with Crippen LogP contribution in [0.4, 0.5) is 0 Å². The van der Waals surface area contributed by atoms with Gasteiger partial charge in [-0.2, -0.15) is 0 Å². The maximum atomic E-state index is 11.1. The largest absolute Gasteiger partial charge is 0.391 e. The number of aliphatic hydroxyl groups excluding tert-OH is 1. The number of aliphatic hydroxyl groups is 1. The highest BCUT2D eigenvalue weighted by Gasteiger charge is 2.23. The molecule has 0 bridgehead atoms. The van der Waals surface area contributed by atoms with E-state index in [0.29, 0.717) is 0 Å². The number of benzene rings is 1. The number of hydrogen-bond donors (Lipinski definition) is 2. The lowest BCUT2D eigenvalue weighted by Gasteiger charge is -2.21. The topological polar surface area (TPSA) is 80.4 Å². The van der Waals surface area contributed by atoms with E-state index in [1.165, 1.54) is 0 Å². The Kier molecular flexibility index (Phi) is 5.12. The second-order valence-corrected chi connectivity index (χ2v) is 7.15. The minimum Gasteiger partial charge on any atom is -0.391 e. The van der Waals surface area contributed by atoms with E-state index in [-0.39, 0.29) is 18.2 Å². The summed E-state index contributed by atoms with van der Waals surface area (Å²) in [6.45, 7) is 0.207. The number of halogens is 1. The molecule has 17 heavy (non-hydrogen) atoms. The standard InChI is InChI=1S/C11H16BrNO3S/c1-17(15,16)7-11(14)10(6-13)8-2-4-9(12)5-3-8/h2-5,10-11,14H,6-7,13H2,1H3. The predicted molar refractivity (Wildman–Crippen MR) is 71.7 cm³/mol. The lowest BCUT2D eigenvalue weighted by molar-refractivity contribution is 0.167. The average Bonchev–Trinajstić information content (AvgIpc) is 2.19. The van der Waals surface area contributed by atoms with Crippen molar-refractivity contribution in [2.24, 2.45) is 5.73 Å². The minimum absolute atomic E-state index is 0.207. The zero-order chi connectivity index (χ0) is 13.1. The first kappa shape index (κ1) is 14.6. The summed E-state index contributed by atoms with van der Waals surface area (Å²) in [5.41, 5.74) is 6.44. The maximum Gasteiger partial charge on any atom is 0.150 e. The van der Waals surface area contributed by atoms with Crippen LogP contribution in [0.3, 0.4) is 0 Å². The van der Waals surface area contributed by atoms with E-state index in [1.54, 1.807) is 0 Å². The van der Waals surface area contributed by atoms with Crippen molar-refractivity contribution >= 4 is 25.8 Å². The van der Waals surface area contributed by atoms with E-state index in [1.807, 2.05) is 24.3 Å². The molecule has 2 atom stereocenters. The molecule has 0 aliphatic carbocycles. The Hall–Kier alpha value is -0.430. The monoisotopic (exact) mass is 321 g/mol. The van der Waals surface area contributed by atoms with Crippen molar-refractivity contribution in [1.82, 2.24) is 0 Å². The van der Waals surface area contributed by atoms with Gasteiger partial charge >= 0.3 is 0 Å². The fraction of sp³-hybridized carbons (Fsp3) is 0.455. The predicted octanol–water partition coefficient (Wildman–Crippen LogP) is 0.897. The molecule has 2 unspecified atom stereocenters. The molecule has 4 nitrogen and oxygen atoms in total. The molecule has 0 radical (unpaired) electrons. The van der Waals surface area contributed by atoms with Crippen LogP contribution in [0.1, 0.15) is 11.5 Å². The SMILES string of the molecule is CS(=O)(=O)CC(O)C(CN)c1ccc(Br)cc1. The van der Waals surface area contributed by atoms with E-state index < -0.39 is 15.9 Å². The number of rotatable bonds is 5. The summed E-state index contributed by atoms with van der Waals surface area (Å²) in [6, 6.07) is 7.33. The molecule has 0 spiro atoms. The number of hydrogen-bond acceptors (Lipinski definition) is 4. The van der Waals surface area contributed by atoms with Gasteiger partial charge in [0.05, 0.1) is 11.9 Å². The molecule has 0 aliphatic heterocycles. The van der Waals surface area contributed by atoms with Gasteiger partial charge < -0.3 is 10.8 Å². The summed E-state index contributed by atoms with van der Waals surface area (Å²) >= 11 is 3.31. The van der Waals surface area contributed by atoms with Gasteiger partial charge in [-0.15, -0.1) is 0 Å². The molecule has 1 rings (SSSR count). The van der Waals surface area contributed by atoms with Gasteiger partial charge in [0.15, 0.2) is 0 Å². The molecular weight excluding hydrogens is 306 g/mol. The van der Waals surface area contributed by atoms with Crippen LogP contribution in [-0.4, -0.2) is 38.2 Å². The first-order valence-electron chi connectivity index (χ1n) is 5.15. The van der Waals surface area contributed by atoms with E-state index in [4.69, 9.17) is 5.73 Å². The van der Waals surface area contributed by atoms with Crippen molar-refractivity contribution in [1.29, 1.82) is 0 Å². The molecule has 0 amide bonds. The van der Waals surface area contributed by atoms with Gasteiger partial charge in [0.2, 0.25) is 0 Å². The van der Waals surface area contributed by atoms with Crippen molar-refractivity contribution < 1.29 is 13.5 Å². The smallest absolute Gasteiger partial charge is 0.150 e. The quantitative estimate of drug-likeness (QED) is 0.844. The molecule has 0 saturated heterocycles. The third-order valence-corrected chi connectivity index (χ3v) is 3.97. The Morgan fingerprint density at radius 2 is 1.88 bits per heavy atom. The molecule has 3 N–H and O–H groups in total. The van der Waals surface area contributed by atoms with E-state index in [9.17, 15) is 13.5 Å². The first-order valence-corrected chi connectivity index (χ1v) is 8.00. The Labute approximate surface area is 110 Å². The third kappa shape index (κ3) is 4.75. The molecule has 0 aromatic heterocycles. The third-order valence-electron chi connectivity index (χ3n) is 2.49. The average molecular weight is 322 g/mol. The molecule has 0 heterocycles. The summed E-state index contributed by atoms with van der Waals surface area (Å²) in [6.07, 6.45) is 0.127. The maximum absolute atomic E-state index is 11.1. The Balaban J connectivity index is 2.88. The molecule has 0 aliphatic rings. The van der Waals surface area contributed by atoms with Gasteiger partial charge in [0, 0.05) is 23.2 Å². The lowest BCUT2D eigenvalue weighted by atomic mass is 9.94. The highest BCUT2D eigenvalue weighted by molar-refractivity contribution is 9.10. The van der Waals surface area contributed by atoms with E-state index in [2.05, 4.69) is 15.9 Å². The van der Waals surface area contributed by atoms with Crippen LogP contribution >= 0.6 is 15.9 Å². The highest BCUT2D eigenvalue weighted by Crippen LogP contribution is 2.22. The van der Waals surface area contributed by atoms with Gasteiger partial charge in [-0.3, -0.25) is 0 Å². The number of sulfone groups is 1. The second kappa shape index (κ2) is 5.95. The van der Waals surface area contributed by atoms with Crippen LogP contribution in [-0.2, 0) is 9.84 Å². The van der Waals surface area contributed by atoms with E-state index >= 15 is 0 Å². The molecule has 0 saturated carbocycles. The van der Waals surface area contributed by atoms with Crippen LogP contribution in [0, 0.1) is 0 Å². The van der Waals surface area contributed by atoms with Crippen LogP contribution in [0.25, 0.3) is 0 Å². The van der Waals surface area contributed by atoms with Gasteiger partial charge in [-0.25, -0.2) is 8.42 Å². The van der Waals surface area contributed by atoms with Gasteiger partial charge in [-0.05, 0) is 17.7 Å². The molecule has 96 valence electrons. The zero-order valence-corrected chi connectivity index (χ0v) is 11.9. The fourth-order valence-corrected chi connectivity index (χ4v) is 2.77. The van der Waals surface area contributed by atoms with E-state index in [0.717, 1.165) is 16.3 Å². The zero-order valence-electron chi connectivity index (χ0n) is 9.51. The Morgan fingerprint density at radius 3 is 2.29 bits per heavy atom. The summed E-state index contributed by atoms with van der Waals surface area (Å²) < 4.78 is 23.2. The first-order chi connectivity index (χ1) is 7.83. The Morgan fingerprint density at radius 1 is 1.35 bits per heavy atom. The molecule has 6 heteroatoms. The van der Waals surface area contributed by atoms with Crippen LogP contribution < -0.4 is 5.73 Å². The van der Waals surface area contributed by atoms with Crippen LogP contribution in [0.15, 0.2) is 28.7 Å². The van der Waals surface area contributed by atoms with Gasteiger partial charge in [-0.1, -0.05) is 28.1 Å². The van der Waals surface area contributed by atoms with Crippen molar-refractivity contribution in [3.8, 4) is 0 Å². The van der Waals surface area contributed by atoms with Crippen molar-refractivity contribution in [3.05, 3.63) is 34.3 Å². The van der Waals surface area contributed by atoms with Crippen LogP contribution in [0.5, 0.6) is 0 Å². The minimum atomic E-state index is -3.21. The summed E-state index contributed by atoms with van der Waals surface area (Å²) in [4.78, 5) is 0. The fourth-order valence-electron chi connectivity index (χ4n) is 1.65. The molecule has 0 fully saturated rings. The van der Waals surface area contributed by atoms with Crippen molar-refractivity contribution in [2.45, 2.75) is 12.0 Å². The van der Waals surface area contributed by atoms with Gasteiger partial charge in [0.25, 0.3) is 0 Å². The second-order valence-electron chi connectivity index (χ2n) is 4.05. The lowest BCUT2D eigenvalue weighted by Crippen LogP contribution is -2.31. The summed E-state index contributed by atoms with van der Waals surface area (Å²) in [5, 5.41) is 9.90. The summed E-state index contributed by atoms with van der Waals surface area (Å²) in [7, 11) is -3.21. The molecule has 1 aromatic carbocycles. The van der Waals surface area contributed by atoms with Crippen molar-refractivity contribution in [3.63, 3.8) is 0 Å². The van der Waals surface area contributed by atoms with Crippen molar-refractivity contribution in [2.75, 3.05) is 18.6 Å². The normalized spacial score (nSPS) is 15.5. The summed E-state index contributed by atoms with van der Waals surface area (Å²) in [5.74, 6) is -0.636. The highest BCUT2D eigenvalue weighted by atomic mass is 79.9. The van der Waals surface area contributed by atoms with Gasteiger partial charge in [0.1, 0.15) is 9.84 Å². The van der Waals surface area contributed by atoms with Crippen LogP contribution in [0.2, 0.25) is 0 Å². The molecule has 1 aromatic rings. The Bertz CT molecular complexity index is 458. The number of nitrogens with two attached hydrogens (primary N) is 1.